The Morgan fingerprint density at radius 1 is 1.32 bits per heavy atom. The van der Waals surface area contributed by atoms with Crippen molar-refractivity contribution in [2.45, 2.75) is 13.5 Å². The van der Waals surface area contributed by atoms with Crippen LogP contribution in [-0.4, -0.2) is 29.1 Å². The van der Waals surface area contributed by atoms with Gasteiger partial charge in [-0.2, -0.15) is 24.2 Å². The molecule has 0 radical (unpaired) electrons. The van der Waals surface area contributed by atoms with Gasteiger partial charge < -0.3 is 10.1 Å². The highest BCUT2D eigenvalue weighted by Gasteiger charge is 2.39. The van der Waals surface area contributed by atoms with Crippen molar-refractivity contribution >= 4 is 28.9 Å². The fraction of sp³-hybridized carbons (Fsp3) is 0.167. The number of hydrogen-bond acceptors (Lipinski definition) is 6. The number of hydrogen-bond donors (Lipinski definition) is 1. The first-order valence-corrected chi connectivity index (χ1v) is 7.99. The Bertz CT molecular complexity index is 985. The molecule has 1 atom stereocenters. The van der Waals surface area contributed by atoms with Crippen LogP contribution in [0, 0.1) is 17.2 Å². The van der Waals surface area contributed by atoms with Crippen molar-refractivity contribution in [2.75, 3.05) is 10.3 Å². The number of amides is 2. The molecule has 1 unspecified atom stereocenters. The highest BCUT2D eigenvalue weighted by Crippen LogP contribution is 2.27. The first kappa shape index (κ1) is 18.9. The standard InChI is InChI=1S/C18H13F2N5O3/c1-10-15(16(26)23-12-6-11(7-21)8-22-9-12)17(27)25(24-10)13-2-4-14(5-3-13)28-18(19)20/h2-6,8-9,15,18H,1H3,(H,23,26). The monoisotopic (exact) mass is 385 g/mol. The Kier molecular flexibility index (Phi) is 5.26. The van der Waals surface area contributed by atoms with Crippen molar-refractivity contribution in [1.82, 2.24) is 4.98 Å². The molecule has 1 aliphatic rings. The molecule has 0 bridgehead atoms. The summed E-state index contributed by atoms with van der Waals surface area (Å²) < 4.78 is 28.7. The minimum absolute atomic E-state index is 0.0646. The molecule has 8 nitrogen and oxygen atoms in total. The maximum Gasteiger partial charge on any atom is 0.387 e. The second-order valence-corrected chi connectivity index (χ2v) is 5.76. The number of halogens is 2. The lowest BCUT2D eigenvalue weighted by Crippen LogP contribution is -2.36. The maximum atomic E-state index is 12.7. The predicted molar refractivity (Wildman–Crippen MR) is 94.7 cm³/mol. The van der Waals surface area contributed by atoms with E-state index in [0.29, 0.717) is 5.69 Å². The summed E-state index contributed by atoms with van der Waals surface area (Å²) in [7, 11) is 0. The number of ether oxygens (including phenoxy) is 1. The summed E-state index contributed by atoms with van der Waals surface area (Å²) in [6.45, 7) is -1.43. The summed E-state index contributed by atoms with van der Waals surface area (Å²) in [6, 6.07) is 8.63. The zero-order valence-electron chi connectivity index (χ0n) is 14.5. The van der Waals surface area contributed by atoms with Crippen molar-refractivity contribution in [2.24, 2.45) is 11.0 Å². The van der Waals surface area contributed by atoms with E-state index in [1.165, 1.54) is 49.6 Å². The van der Waals surface area contributed by atoms with Gasteiger partial charge in [-0.3, -0.25) is 14.6 Å². The number of carbonyl (C=O) groups excluding carboxylic acids is 2. The smallest absolute Gasteiger partial charge is 0.387 e. The number of rotatable bonds is 5. The number of nitriles is 1. The van der Waals surface area contributed by atoms with Crippen LogP contribution in [0.2, 0.25) is 0 Å². The van der Waals surface area contributed by atoms with Gasteiger partial charge in [-0.15, -0.1) is 0 Å². The molecule has 2 amide bonds. The number of hydrazone groups is 1. The van der Waals surface area contributed by atoms with E-state index in [9.17, 15) is 18.4 Å². The first-order valence-electron chi connectivity index (χ1n) is 7.99. The van der Waals surface area contributed by atoms with Gasteiger partial charge in [0, 0.05) is 6.20 Å². The van der Waals surface area contributed by atoms with Crippen LogP contribution < -0.4 is 15.1 Å². The average molecular weight is 385 g/mol. The van der Waals surface area contributed by atoms with Crippen LogP contribution in [0.25, 0.3) is 0 Å². The minimum atomic E-state index is -2.96. The molecule has 1 aliphatic heterocycles. The number of carbonyl (C=O) groups is 2. The van der Waals surface area contributed by atoms with E-state index in [2.05, 4.69) is 20.1 Å². The number of nitrogens with zero attached hydrogens (tertiary/aromatic N) is 4. The topological polar surface area (TPSA) is 108 Å². The van der Waals surface area contributed by atoms with Crippen LogP contribution >= 0.6 is 0 Å². The van der Waals surface area contributed by atoms with Gasteiger partial charge in [0.2, 0.25) is 5.91 Å². The fourth-order valence-corrected chi connectivity index (χ4v) is 2.61. The van der Waals surface area contributed by atoms with E-state index in [-0.39, 0.29) is 22.7 Å². The molecule has 3 rings (SSSR count). The van der Waals surface area contributed by atoms with Gasteiger partial charge >= 0.3 is 6.61 Å². The van der Waals surface area contributed by atoms with E-state index in [1.807, 2.05) is 6.07 Å². The molecule has 0 saturated carbocycles. The summed E-state index contributed by atoms with van der Waals surface area (Å²) in [6.07, 6.45) is 2.69. The minimum Gasteiger partial charge on any atom is -0.435 e. The maximum absolute atomic E-state index is 12.7. The number of benzene rings is 1. The third-order valence-electron chi connectivity index (χ3n) is 3.83. The van der Waals surface area contributed by atoms with Crippen molar-refractivity contribution in [3.63, 3.8) is 0 Å². The molecule has 28 heavy (non-hydrogen) atoms. The van der Waals surface area contributed by atoms with Crippen molar-refractivity contribution in [3.05, 3.63) is 48.3 Å². The second kappa shape index (κ2) is 7.79. The van der Waals surface area contributed by atoms with Crippen molar-refractivity contribution < 1.29 is 23.1 Å². The Morgan fingerprint density at radius 2 is 2.04 bits per heavy atom. The molecule has 2 heterocycles. The Morgan fingerprint density at radius 3 is 2.68 bits per heavy atom. The molecule has 1 aromatic carbocycles. The third kappa shape index (κ3) is 3.93. The molecular formula is C18H13F2N5O3. The number of anilines is 2. The van der Waals surface area contributed by atoms with E-state index in [4.69, 9.17) is 5.26 Å². The molecule has 1 N–H and O–H groups in total. The predicted octanol–water partition coefficient (Wildman–Crippen LogP) is 2.53. The van der Waals surface area contributed by atoms with Crippen LogP contribution in [0.3, 0.4) is 0 Å². The second-order valence-electron chi connectivity index (χ2n) is 5.76. The molecule has 1 aromatic heterocycles. The fourth-order valence-electron chi connectivity index (χ4n) is 2.61. The largest absolute Gasteiger partial charge is 0.435 e. The zero-order chi connectivity index (χ0) is 20.3. The van der Waals surface area contributed by atoms with Crippen molar-refractivity contribution in [3.8, 4) is 11.8 Å². The van der Waals surface area contributed by atoms with Crippen LogP contribution in [0.5, 0.6) is 5.75 Å². The zero-order valence-corrected chi connectivity index (χ0v) is 14.5. The van der Waals surface area contributed by atoms with Gasteiger partial charge in [0.25, 0.3) is 5.91 Å². The summed E-state index contributed by atoms with van der Waals surface area (Å²) in [5.74, 6) is -2.45. The van der Waals surface area contributed by atoms with Gasteiger partial charge in [0.15, 0.2) is 5.92 Å². The van der Waals surface area contributed by atoms with E-state index < -0.39 is 24.3 Å². The SMILES string of the molecule is CC1=NN(c2ccc(OC(F)F)cc2)C(=O)C1C(=O)Nc1cncc(C#N)c1. The normalized spacial score (nSPS) is 16.0. The number of nitrogens with one attached hydrogen (secondary N) is 1. The van der Waals surface area contributed by atoms with Gasteiger partial charge in [-0.25, -0.2) is 0 Å². The van der Waals surface area contributed by atoms with Gasteiger partial charge in [-0.1, -0.05) is 0 Å². The lowest BCUT2D eigenvalue weighted by molar-refractivity contribution is -0.127. The molecule has 0 saturated heterocycles. The quantitative estimate of drug-likeness (QED) is 0.796. The number of alkyl halides is 2. The molecule has 0 spiro atoms. The molecular weight excluding hydrogens is 372 g/mol. The number of aromatic nitrogens is 1. The van der Waals surface area contributed by atoms with Crippen molar-refractivity contribution in [1.29, 1.82) is 5.26 Å². The van der Waals surface area contributed by atoms with E-state index >= 15 is 0 Å². The van der Waals surface area contributed by atoms with Gasteiger partial charge in [0.05, 0.1) is 28.8 Å². The van der Waals surface area contributed by atoms with E-state index in [1.54, 1.807) is 0 Å². The van der Waals surface area contributed by atoms with Gasteiger partial charge in [0.1, 0.15) is 11.8 Å². The lowest BCUT2D eigenvalue weighted by atomic mass is 10.0. The van der Waals surface area contributed by atoms with Crippen LogP contribution in [0.4, 0.5) is 20.2 Å². The molecule has 10 heteroatoms. The Balaban J connectivity index is 1.75. The van der Waals surface area contributed by atoms with Crippen LogP contribution in [0.1, 0.15) is 12.5 Å². The average Bonchev–Trinajstić information content (AvgIpc) is 2.96. The molecule has 0 aliphatic carbocycles. The molecule has 142 valence electrons. The lowest BCUT2D eigenvalue weighted by Gasteiger charge is -2.15. The van der Waals surface area contributed by atoms with E-state index in [0.717, 1.165) is 5.01 Å². The summed E-state index contributed by atoms with van der Waals surface area (Å²) >= 11 is 0. The molecule has 2 aromatic rings. The summed E-state index contributed by atoms with van der Waals surface area (Å²) in [4.78, 5) is 29.0. The third-order valence-corrected chi connectivity index (χ3v) is 3.83. The van der Waals surface area contributed by atoms with Crippen LogP contribution in [0.15, 0.2) is 47.8 Å². The first-order chi connectivity index (χ1) is 13.4. The Labute approximate surface area is 158 Å². The summed E-state index contributed by atoms with van der Waals surface area (Å²) in [5.41, 5.74) is 1.10. The molecule has 0 fully saturated rings. The number of pyridine rings is 1. The Hall–Kier alpha value is -3.87. The highest BCUT2D eigenvalue weighted by molar-refractivity contribution is 6.28. The van der Waals surface area contributed by atoms with Gasteiger partial charge in [-0.05, 0) is 37.3 Å². The highest BCUT2D eigenvalue weighted by atomic mass is 19.3. The van der Waals surface area contributed by atoms with Crippen LogP contribution in [-0.2, 0) is 9.59 Å². The summed E-state index contributed by atoms with van der Waals surface area (Å²) in [5, 5.41) is 16.5.